The number of nitrogens with one attached hydrogen (secondary N) is 1. The van der Waals surface area contributed by atoms with Crippen LogP contribution in [-0.4, -0.2) is 38.5 Å². The molecular weight excluding hydrogens is 523 g/mol. The summed E-state index contributed by atoms with van der Waals surface area (Å²) >= 11 is 0. The lowest BCUT2D eigenvalue weighted by atomic mass is 10.0. The standard InChI is InChI=1S/C31H34F3NO5/c1-38-29(36)20-21-35-30(37)26-10-8-23(9-11-26)7-5-3-2-4-6-22-39-27-16-12-24(13-17-27)25-14-18-28(19-15-25)40-31(32,33)34/h8-19H,2-7,20-22H2,1H3,(H,35,37). The topological polar surface area (TPSA) is 73.9 Å². The van der Waals surface area contributed by atoms with Crippen molar-refractivity contribution in [2.24, 2.45) is 0 Å². The van der Waals surface area contributed by atoms with Crippen molar-refractivity contribution < 1.29 is 37.0 Å². The van der Waals surface area contributed by atoms with Crippen LogP contribution >= 0.6 is 0 Å². The maximum Gasteiger partial charge on any atom is 0.573 e. The summed E-state index contributed by atoms with van der Waals surface area (Å²) in [6.07, 6.45) is 1.69. The number of ether oxygens (including phenoxy) is 3. The van der Waals surface area contributed by atoms with Gasteiger partial charge in [0.05, 0.1) is 20.1 Å². The van der Waals surface area contributed by atoms with E-state index in [4.69, 9.17) is 4.74 Å². The lowest BCUT2D eigenvalue weighted by Gasteiger charge is -2.10. The first-order valence-corrected chi connectivity index (χ1v) is 13.3. The van der Waals surface area contributed by atoms with Crippen LogP contribution in [0.5, 0.6) is 11.5 Å². The van der Waals surface area contributed by atoms with Crippen LogP contribution < -0.4 is 14.8 Å². The molecule has 0 spiro atoms. The Morgan fingerprint density at radius 1 is 0.750 bits per heavy atom. The van der Waals surface area contributed by atoms with Gasteiger partial charge in [-0.3, -0.25) is 9.59 Å². The maximum atomic E-state index is 12.3. The van der Waals surface area contributed by atoms with Crippen molar-refractivity contribution in [2.75, 3.05) is 20.3 Å². The summed E-state index contributed by atoms with van der Waals surface area (Å²) in [6, 6.07) is 20.7. The molecule has 3 rings (SSSR count). The molecule has 3 aromatic rings. The van der Waals surface area contributed by atoms with E-state index in [-0.39, 0.29) is 30.6 Å². The summed E-state index contributed by atoms with van der Waals surface area (Å²) in [5.74, 6) is -0.0608. The van der Waals surface area contributed by atoms with Gasteiger partial charge in [-0.15, -0.1) is 13.2 Å². The van der Waals surface area contributed by atoms with Crippen molar-refractivity contribution in [2.45, 2.75) is 51.3 Å². The Hall–Kier alpha value is -4.01. The van der Waals surface area contributed by atoms with Crippen LogP contribution in [0.25, 0.3) is 11.1 Å². The van der Waals surface area contributed by atoms with Crippen LogP contribution in [0.15, 0.2) is 72.8 Å². The van der Waals surface area contributed by atoms with Gasteiger partial charge in [-0.25, -0.2) is 0 Å². The fourth-order valence-electron chi connectivity index (χ4n) is 4.05. The van der Waals surface area contributed by atoms with Gasteiger partial charge in [-0.2, -0.15) is 0 Å². The number of methoxy groups -OCH3 is 1. The molecule has 0 radical (unpaired) electrons. The van der Waals surface area contributed by atoms with E-state index in [9.17, 15) is 22.8 Å². The van der Waals surface area contributed by atoms with Crippen LogP contribution in [0, 0.1) is 0 Å². The van der Waals surface area contributed by atoms with E-state index in [1.54, 1.807) is 24.3 Å². The number of unbranched alkanes of at least 4 members (excludes halogenated alkanes) is 4. The maximum absolute atomic E-state index is 12.3. The lowest BCUT2D eigenvalue weighted by molar-refractivity contribution is -0.274. The highest BCUT2D eigenvalue weighted by atomic mass is 19.4. The summed E-state index contributed by atoms with van der Waals surface area (Å²) < 4.78 is 51.2. The molecule has 0 fully saturated rings. The zero-order valence-electron chi connectivity index (χ0n) is 22.5. The fourth-order valence-corrected chi connectivity index (χ4v) is 4.05. The molecule has 6 nitrogen and oxygen atoms in total. The monoisotopic (exact) mass is 557 g/mol. The molecule has 40 heavy (non-hydrogen) atoms. The van der Waals surface area contributed by atoms with Crippen LogP contribution in [0.3, 0.4) is 0 Å². The van der Waals surface area contributed by atoms with Crippen molar-refractivity contribution >= 4 is 11.9 Å². The van der Waals surface area contributed by atoms with Gasteiger partial charge in [0.2, 0.25) is 0 Å². The van der Waals surface area contributed by atoms with E-state index in [2.05, 4.69) is 14.8 Å². The SMILES string of the molecule is COC(=O)CCNC(=O)c1ccc(CCCCCCCOc2ccc(-c3ccc(OC(F)(F)F)cc3)cc2)cc1. The van der Waals surface area contributed by atoms with Gasteiger partial charge in [0.1, 0.15) is 11.5 Å². The first-order valence-electron chi connectivity index (χ1n) is 13.3. The van der Waals surface area contributed by atoms with Crippen LogP contribution in [0.1, 0.15) is 54.4 Å². The van der Waals surface area contributed by atoms with E-state index >= 15 is 0 Å². The normalized spacial score (nSPS) is 11.1. The first-order chi connectivity index (χ1) is 19.2. The minimum atomic E-state index is -4.70. The minimum absolute atomic E-state index is 0.146. The molecule has 0 bridgehead atoms. The third-order valence-corrected chi connectivity index (χ3v) is 6.21. The van der Waals surface area contributed by atoms with E-state index in [1.165, 1.54) is 24.8 Å². The van der Waals surface area contributed by atoms with Crippen LogP contribution in [0.2, 0.25) is 0 Å². The Kier molecular flexibility index (Phi) is 11.9. The van der Waals surface area contributed by atoms with Gasteiger partial charge in [0.15, 0.2) is 0 Å². The molecule has 0 unspecified atom stereocenters. The number of hydrogen-bond donors (Lipinski definition) is 1. The summed E-state index contributed by atoms with van der Waals surface area (Å²) in [4.78, 5) is 23.2. The van der Waals surface area contributed by atoms with Gasteiger partial charge < -0.3 is 19.5 Å². The highest BCUT2D eigenvalue weighted by molar-refractivity contribution is 5.94. The smallest absolute Gasteiger partial charge is 0.494 e. The average Bonchev–Trinajstić information content (AvgIpc) is 2.94. The number of esters is 1. The van der Waals surface area contributed by atoms with Gasteiger partial charge in [-0.1, -0.05) is 55.7 Å². The van der Waals surface area contributed by atoms with E-state index in [0.29, 0.717) is 12.2 Å². The molecule has 0 aliphatic carbocycles. The summed E-state index contributed by atoms with van der Waals surface area (Å²) in [7, 11) is 1.32. The highest BCUT2D eigenvalue weighted by Gasteiger charge is 2.30. The van der Waals surface area contributed by atoms with Gasteiger partial charge in [-0.05, 0) is 72.4 Å². The molecule has 0 aliphatic rings. The van der Waals surface area contributed by atoms with Crippen molar-refractivity contribution in [3.05, 3.63) is 83.9 Å². The summed E-state index contributed by atoms with van der Waals surface area (Å²) in [5.41, 5.74) is 3.41. The number of alkyl halides is 3. The zero-order chi connectivity index (χ0) is 28.8. The predicted octanol–water partition coefficient (Wildman–Crippen LogP) is 7.12. The van der Waals surface area contributed by atoms with Gasteiger partial charge in [0, 0.05) is 12.1 Å². The number of rotatable bonds is 15. The van der Waals surface area contributed by atoms with Gasteiger partial charge in [0.25, 0.3) is 5.91 Å². The van der Waals surface area contributed by atoms with Crippen LogP contribution in [0.4, 0.5) is 13.2 Å². The average molecular weight is 558 g/mol. The predicted molar refractivity (Wildman–Crippen MR) is 146 cm³/mol. The van der Waals surface area contributed by atoms with Crippen molar-refractivity contribution in [3.8, 4) is 22.6 Å². The third-order valence-electron chi connectivity index (χ3n) is 6.21. The molecule has 9 heteroatoms. The number of aryl methyl sites for hydroxylation is 1. The second kappa shape index (κ2) is 15.5. The van der Waals surface area contributed by atoms with Crippen molar-refractivity contribution in [1.82, 2.24) is 5.32 Å². The molecule has 0 aliphatic heterocycles. The number of benzene rings is 3. The minimum Gasteiger partial charge on any atom is -0.494 e. The molecule has 3 aromatic carbocycles. The molecule has 1 amide bonds. The molecule has 0 atom stereocenters. The lowest BCUT2D eigenvalue weighted by Crippen LogP contribution is -2.26. The number of carbonyl (C=O) groups excluding carboxylic acids is 2. The zero-order valence-corrected chi connectivity index (χ0v) is 22.5. The highest BCUT2D eigenvalue weighted by Crippen LogP contribution is 2.27. The van der Waals surface area contributed by atoms with E-state index in [1.807, 2.05) is 36.4 Å². The summed E-state index contributed by atoms with van der Waals surface area (Å²) in [5, 5.41) is 2.70. The molecule has 0 saturated heterocycles. The molecular formula is C31H34F3NO5. The molecule has 0 heterocycles. The van der Waals surface area contributed by atoms with E-state index in [0.717, 1.165) is 55.4 Å². The fraction of sp³-hybridized carbons (Fsp3) is 0.355. The molecule has 0 aromatic heterocycles. The number of amides is 1. The molecule has 0 saturated carbocycles. The molecule has 214 valence electrons. The Morgan fingerprint density at radius 3 is 1.93 bits per heavy atom. The Balaban J connectivity index is 1.26. The Labute approximate surface area is 232 Å². The number of hydrogen-bond acceptors (Lipinski definition) is 5. The van der Waals surface area contributed by atoms with Crippen molar-refractivity contribution in [3.63, 3.8) is 0 Å². The summed E-state index contributed by atoms with van der Waals surface area (Å²) in [6.45, 7) is 0.862. The largest absolute Gasteiger partial charge is 0.573 e. The number of halogens is 3. The second-order valence-electron chi connectivity index (χ2n) is 9.24. The Morgan fingerprint density at radius 2 is 1.32 bits per heavy atom. The first kappa shape index (κ1) is 30.5. The molecule has 1 N–H and O–H groups in total. The quantitative estimate of drug-likeness (QED) is 0.159. The van der Waals surface area contributed by atoms with Crippen molar-refractivity contribution in [1.29, 1.82) is 0 Å². The Bertz CT molecular complexity index is 1190. The van der Waals surface area contributed by atoms with Gasteiger partial charge >= 0.3 is 12.3 Å². The third kappa shape index (κ3) is 11.0. The van der Waals surface area contributed by atoms with Crippen LogP contribution in [-0.2, 0) is 16.0 Å². The number of carbonyl (C=O) groups is 2. The second-order valence-corrected chi connectivity index (χ2v) is 9.24. The van der Waals surface area contributed by atoms with E-state index < -0.39 is 6.36 Å².